The highest BCUT2D eigenvalue weighted by atomic mass is 16.5. The van der Waals surface area contributed by atoms with E-state index in [9.17, 15) is 4.79 Å². The molecule has 2 heterocycles. The van der Waals surface area contributed by atoms with Crippen molar-refractivity contribution in [3.8, 4) is 0 Å². The van der Waals surface area contributed by atoms with Gasteiger partial charge in [0, 0.05) is 13.2 Å². The standard InChI is InChI=1S/C14H24N2O2/c15-13(10-4-2-1-3-5-10)14(17)16-8-6-12-11(16)7-9-18-12/h10-13H,1-9,15H2/t11-,12-,13+/m1/s1. The second-order valence-corrected chi connectivity index (χ2v) is 6.01. The lowest BCUT2D eigenvalue weighted by atomic mass is 9.83. The number of amides is 1. The second kappa shape index (κ2) is 5.17. The summed E-state index contributed by atoms with van der Waals surface area (Å²) in [4.78, 5) is 14.5. The molecule has 2 aliphatic heterocycles. The van der Waals surface area contributed by atoms with Gasteiger partial charge in [-0.15, -0.1) is 0 Å². The monoisotopic (exact) mass is 252 g/mol. The van der Waals surface area contributed by atoms with Crippen molar-refractivity contribution in [1.82, 2.24) is 4.90 Å². The summed E-state index contributed by atoms with van der Waals surface area (Å²) in [5.41, 5.74) is 6.22. The summed E-state index contributed by atoms with van der Waals surface area (Å²) in [6.45, 7) is 1.65. The first-order chi connectivity index (χ1) is 8.77. The number of carbonyl (C=O) groups excluding carboxylic acids is 1. The van der Waals surface area contributed by atoms with Gasteiger partial charge in [-0.2, -0.15) is 0 Å². The van der Waals surface area contributed by atoms with Gasteiger partial charge < -0.3 is 15.4 Å². The number of nitrogens with two attached hydrogens (primary N) is 1. The van der Waals surface area contributed by atoms with Crippen LogP contribution in [0.15, 0.2) is 0 Å². The molecule has 0 radical (unpaired) electrons. The van der Waals surface area contributed by atoms with Crippen molar-refractivity contribution in [3.63, 3.8) is 0 Å². The smallest absolute Gasteiger partial charge is 0.240 e. The van der Waals surface area contributed by atoms with E-state index >= 15 is 0 Å². The molecule has 0 unspecified atom stereocenters. The molecule has 18 heavy (non-hydrogen) atoms. The Kier molecular flexibility index (Phi) is 3.57. The molecule has 3 aliphatic rings. The van der Waals surface area contributed by atoms with Gasteiger partial charge in [0.25, 0.3) is 0 Å². The van der Waals surface area contributed by atoms with Gasteiger partial charge >= 0.3 is 0 Å². The zero-order chi connectivity index (χ0) is 12.5. The van der Waals surface area contributed by atoms with Crippen molar-refractivity contribution in [2.45, 2.75) is 63.1 Å². The Morgan fingerprint density at radius 3 is 2.72 bits per heavy atom. The first kappa shape index (κ1) is 12.4. The Balaban J connectivity index is 1.62. The van der Waals surface area contributed by atoms with E-state index in [0.717, 1.165) is 38.8 Å². The molecule has 0 aromatic carbocycles. The van der Waals surface area contributed by atoms with Crippen LogP contribution in [-0.2, 0) is 9.53 Å². The fraction of sp³-hybridized carbons (Fsp3) is 0.929. The predicted molar refractivity (Wildman–Crippen MR) is 69.0 cm³/mol. The maximum Gasteiger partial charge on any atom is 0.240 e. The van der Waals surface area contributed by atoms with Gasteiger partial charge in [0.2, 0.25) is 5.91 Å². The molecule has 4 heteroatoms. The lowest BCUT2D eigenvalue weighted by Crippen LogP contribution is -2.50. The highest BCUT2D eigenvalue weighted by Crippen LogP contribution is 2.32. The van der Waals surface area contributed by atoms with Gasteiger partial charge in [0.1, 0.15) is 0 Å². The van der Waals surface area contributed by atoms with Gasteiger partial charge in [-0.05, 0) is 31.6 Å². The number of carbonyl (C=O) groups is 1. The average Bonchev–Trinajstić information content (AvgIpc) is 3.00. The average molecular weight is 252 g/mol. The zero-order valence-electron chi connectivity index (χ0n) is 11.0. The van der Waals surface area contributed by atoms with Crippen LogP contribution in [0.5, 0.6) is 0 Å². The van der Waals surface area contributed by atoms with E-state index in [0.29, 0.717) is 12.0 Å². The van der Waals surface area contributed by atoms with Crippen molar-refractivity contribution in [2.24, 2.45) is 11.7 Å². The predicted octanol–water partition coefficient (Wildman–Crippen LogP) is 1.28. The molecule has 0 spiro atoms. The Hall–Kier alpha value is -0.610. The van der Waals surface area contributed by atoms with Crippen LogP contribution >= 0.6 is 0 Å². The van der Waals surface area contributed by atoms with Gasteiger partial charge in [-0.3, -0.25) is 4.79 Å². The molecule has 1 aliphatic carbocycles. The second-order valence-electron chi connectivity index (χ2n) is 6.01. The molecule has 3 rings (SSSR count). The first-order valence-electron chi connectivity index (χ1n) is 7.45. The SMILES string of the molecule is N[C@H](C(=O)N1CC[C@H]2OCC[C@H]21)C1CCCCC1. The van der Waals surface area contributed by atoms with E-state index in [1.807, 2.05) is 4.90 Å². The Bertz CT molecular complexity index is 315. The highest BCUT2D eigenvalue weighted by Gasteiger charge is 2.43. The summed E-state index contributed by atoms with van der Waals surface area (Å²) in [7, 11) is 0. The van der Waals surface area contributed by atoms with Crippen molar-refractivity contribution < 1.29 is 9.53 Å². The minimum absolute atomic E-state index is 0.180. The minimum Gasteiger partial charge on any atom is -0.376 e. The summed E-state index contributed by atoms with van der Waals surface area (Å²) in [6.07, 6.45) is 8.31. The van der Waals surface area contributed by atoms with Crippen LogP contribution < -0.4 is 5.73 Å². The van der Waals surface area contributed by atoms with Crippen molar-refractivity contribution in [1.29, 1.82) is 0 Å². The quantitative estimate of drug-likeness (QED) is 0.805. The number of ether oxygens (including phenoxy) is 1. The van der Waals surface area contributed by atoms with Crippen LogP contribution in [0.4, 0.5) is 0 Å². The topological polar surface area (TPSA) is 55.6 Å². The Labute approximate surface area is 109 Å². The number of rotatable bonds is 2. The van der Waals surface area contributed by atoms with Gasteiger partial charge in [0.15, 0.2) is 0 Å². The normalized spacial score (nSPS) is 34.6. The summed E-state index contributed by atoms with van der Waals surface area (Å²) in [5, 5.41) is 0. The van der Waals surface area contributed by atoms with E-state index in [-0.39, 0.29) is 18.1 Å². The molecule has 102 valence electrons. The molecule has 3 atom stereocenters. The van der Waals surface area contributed by atoms with Crippen LogP contribution in [0.2, 0.25) is 0 Å². The molecule has 3 fully saturated rings. The van der Waals surface area contributed by atoms with Crippen LogP contribution in [0.1, 0.15) is 44.9 Å². The molecule has 0 aromatic heterocycles. The van der Waals surface area contributed by atoms with Crippen LogP contribution in [-0.4, -0.2) is 42.1 Å². The maximum atomic E-state index is 12.5. The fourth-order valence-corrected chi connectivity index (χ4v) is 3.86. The molecule has 1 saturated carbocycles. The number of likely N-dealkylation sites (tertiary alicyclic amines) is 1. The third kappa shape index (κ3) is 2.16. The number of fused-ring (bicyclic) bond motifs is 1. The number of hydrogen-bond donors (Lipinski definition) is 1. The lowest BCUT2D eigenvalue weighted by molar-refractivity contribution is -0.135. The van der Waals surface area contributed by atoms with Crippen molar-refractivity contribution in [2.75, 3.05) is 13.2 Å². The fourth-order valence-electron chi connectivity index (χ4n) is 3.86. The van der Waals surface area contributed by atoms with Gasteiger partial charge in [-0.25, -0.2) is 0 Å². The van der Waals surface area contributed by atoms with Crippen LogP contribution in [0, 0.1) is 5.92 Å². The molecule has 1 amide bonds. The van der Waals surface area contributed by atoms with Crippen molar-refractivity contribution >= 4 is 5.91 Å². The molecule has 2 N–H and O–H groups in total. The summed E-state index contributed by atoms with van der Waals surface area (Å²) in [5.74, 6) is 0.590. The van der Waals surface area contributed by atoms with Gasteiger partial charge in [0.05, 0.1) is 18.2 Å². The van der Waals surface area contributed by atoms with Gasteiger partial charge in [-0.1, -0.05) is 19.3 Å². The van der Waals surface area contributed by atoms with E-state index < -0.39 is 0 Å². The molecule has 4 nitrogen and oxygen atoms in total. The summed E-state index contributed by atoms with van der Waals surface area (Å²) < 4.78 is 5.65. The third-order valence-corrected chi connectivity index (χ3v) is 4.96. The van der Waals surface area contributed by atoms with E-state index in [1.54, 1.807) is 0 Å². The molecule has 0 bridgehead atoms. The van der Waals surface area contributed by atoms with E-state index in [1.165, 1.54) is 19.3 Å². The summed E-state index contributed by atoms with van der Waals surface area (Å²) in [6, 6.07) is 0.0387. The number of hydrogen-bond acceptors (Lipinski definition) is 3. The van der Waals surface area contributed by atoms with E-state index in [2.05, 4.69) is 0 Å². The Morgan fingerprint density at radius 1 is 1.17 bits per heavy atom. The first-order valence-corrected chi connectivity index (χ1v) is 7.45. The van der Waals surface area contributed by atoms with Crippen LogP contribution in [0.3, 0.4) is 0 Å². The maximum absolute atomic E-state index is 12.5. The molecular formula is C14H24N2O2. The zero-order valence-corrected chi connectivity index (χ0v) is 11.0. The summed E-state index contributed by atoms with van der Waals surface area (Å²) >= 11 is 0. The van der Waals surface area contributed by atoms with Crippen molar-refractivity contribution in [3.05, 3.63) is 0 Å². The van der Waals surface area contributed by atoms with E-state index in [4.69, 9.17) is 10.5 Å². The highest BCUT2D eigenvalue weighted by molar-refractivity contribution is 5.82. The molecular weight excluding hydrogens is 228 g/mol. The minimum atomic E-state index is -0.273. The number of nitrogens with zero attached hydrogens (tertiary/aromatic N) is 1. The largest absolute Gasteiger partial charge is 0.376 e. The van der Waals surface area contributed by atoms with Crippen LogP contribution in [0.25, 0.3) is 0 Å². The molecule has 0 aromatic rings. The lowest BCUT2D eigenvalue weighted by Gasteiger charge is -2.31. The Morgan fingerprint density at radius 2 is 1.94 bits per heavy atom. The third-order valence-electron chi connectivity index (χ3n) is 4.96. The molecule has 2 saturated heterocycles.